The van der Waals surface area contributed by atoms with Gasteiger partial charge in [0.1, 0.15) is 0 Å². The lowest BCUT2D eigenvalue weighted by molar-refractivity contribution is -0.135. The molecule has 0 saturated carbocycles. The molecule has 0 unspecified atom stereocenters. The number of hydrogen-bond donors (Lipinski definition) is 2. The van der Waals surface area contributed by atoms with Crippen LogP contribution >= 0.6 is 0 Å². The minimum atomic E-state index is -3.36. The Balaban J connectivity index is 2.33. The highest BCUT2D eigenvalue weighted by Gasteiger charge is 2.24. The summed E-state index contributed by atoms with van der Waals surface area (Å²) in [7, 11) is -2.00. The Labute approximate surface area is 123 Å². The fraction of sp³-hybridized carbons (Fsp3) is 0.385. The number of carbonyl (C=O) groups excluding carboxylic acids is 2. The minimum absolute atomic E-state index is 0.387. The smallest absolute Gasteiger partial charge is 0.313 e. The van der Waals surface area contributed by atoms with Crippen molar-refractivity contribution >= 4 is 33.2 Å². The van der Waals surface area contributed by atoms with Gasteiger partial charge in [-0.3, -0.25) is 13.9 Å². The van der Waals surface area contributed by atoms with Crippen molar-refractivity contribution in [2.75, 3.05) is 29.5 Å². The molecule has 0 spiro atoms. The lowest BCUT2D eigenvalue weighted by Crippen LogP contribution is -2.35. The summed E-state index contributed by atoms with van der Waals surface area (Å²) in [5.41, 5.74) is 1.85. The number of nitrogens with one attached hydrogen (secondary N) is 2. The molecule has 0 radical (unpaired) electrons. The highest BCUT2D eigenvalue weighted by atomic mass is 32.2. The van der Waals surface area contributed by atoms with Crippen LogP contribution in [0.5, 0.6) is 0 Å². The van der Waals surface area contributed by atoms with Crippen LogP contribution in [0.3, 0.4) is 0 Å². The zero-order valence-corrected chi connectivity index (χ0v) is 12.7. The van der Waals surface area contributed by atoms with Gasteiger partial charge in [0.2, 0.25) is 10.0 Å². The van der Waals surface area contributed by atoms with Crippen molar-refractivity contribution in [1.29, 1.82) is 0 Å². The van der Waals surface area contributed by atoms with E-state index in [-0.39, 0.29) is 0 Å². The van der Waals surface area contributed by atoms with Gasteiger partial charge in [-0.15, -0.1) is 0 Å². The van der Waals surface area contributed by atoms with Crippen LogP contribution in [0, 0.1) is 0 Å². The van der Waals surface area contributed by atoms with Gasteiger partial charge in [0.25, 0.3) is 0 Å². The minimum Gasteiger partial charge on any atom is -0.351 e. The summed E-state index contributed by atoms with van der Waals surface area (Å²) in [4.78, 5) is 22.7. The average Bonchev–Trinajstić information content (AvgIpc) is 2.44. The first-order chi connectivity index (χ1) is 9.82. The molecule has 8 heteroatoms. The van der Waals surface area contributed by atoms with Crippen LogP contribution in [-0.4, -0.2) is 40.1 Å². The van der Waals surface area contributed by atoms with Crippen molar-refractivity contribution in [3.05, 3.63) is 23.8 Å². The van der Waals surface area contributed by atoms with E-state index in [1.54, 1.807) is 18.2 Å². The van der Waals surface area contributed by atoms with E-state index in [2.05, 4.69) is 10.6 Å². The molecule has 0 saturated heterocycles. The maximum atomic E-state index is 11.8. The molecule has 7 nitrogen and oxygen atoms in total. The molecular weight excluding hydrogens is 294 g/mol. The van der Waals surface area contributed by atoms with Gasteiger partial charge in [0.05, 0.1) is 11.9 Å². The number of hydrogen-bond acceptors (Lipinski definition) is 4. The fourth-order valence-corrected chi connectivity index (χ4v) is 3.25. The van der Waals surface area contributed by atoms with Crippen molar-refractivity contribution in [2.45, 2.75) is 12.8 Å². The molecule has 2 amide bonds. The molecule has 1 aromatic rings. The molecular formula is C13H17N3O4S. The molecule has 0 atom stereocenters. The molecule has 1 aliphatic heterocycles. The normalized spacial score (nSPS) is 14.3. The average molecular weight is 311 g/mol. The second kappa shape index (κ2) is 5.72. The number of nitrogens with zero attached hydrogens (tertiary/aromatic N) is 1. The number of amides is 2. The third kappa shape index (κ3) is 3.33. The molecule has 0 aliphatic carbocycles. The second-order valence-electron chi connectivity index (χ2n) is 4.82. The summed E-state index contributed by atoms with van der Waals surface area (Å²) in [6.07, 6.45) is 2.69. The van der Waals surface area contributed by atoms with Gasteiger partial charge in [0, 0.05) is 19.3 Å². The number of aryl methyl sites for hydroxylation is 1. The van der Waals surface area contributed by atoms with E-state index in [0.29, 0.717) is 17.9 Å². The number of fused-ring (bicyclic) bond motifs is 1. The van der Waals surface area contributed by atoms with Gasteiger partial charge < -0.3 is 10.6 Å². The molecule has 0 bridgehead atoms. The molecule has 1 aromatic carbocycles. The Hall–Kier alpha value is -2.09. The second-order valence-corrected chi connectivity index (χ2v) is 6.72. The molecule has 1 heterocycles. The van der Waals surface area contributed by atoms with Crippen LogP contribution in [-0.2, 0) is 26.0 Å². The van der Waals surface area contributed by atoms with Crippen LogP contribution in [0.4, 0.5) is 11.4 Å². The first-order valence-corrected chi connectivity index (χ1v) is 8.31. The molecule has 21 heavy (non-hydrogen) atoms. The van der Waals surface area contributed by atoms with E-state index in [9.17, 15) is 18.0 Å². The first kappa shape index (κ1) is 15.3. The Morgan fingerprint density at radius 2 is 1.95 bits per heavy atom. The third-order valence-electron chi connectivity index (χ3n) is 3.25. The quantitative estimate of drug-likeness (QED) is 0.756. The molecule has 114 valence electrons. The van der Waals surface area contributed by atoms with Crippen LogP contribution in [0.25, 0.3) is 0 Å². The van der Waals surface area contributed by atoms with Crippen molar-refractivity contribution in [3.63, 3.8) is 0 Å². The van der Waals surface area contributed by atoms with Crippen molar-refractivity contribution in [1.82, 2.24) is 5.32 Å². The molecule has 2 N–H and O–H groups in total. The standard InChI is InChI=1S/C13H17N3O4S/c1-14-12(17)13(18)15-10-6-5-9-4-3-7-16(11(9)8-10)21(2,19)20/h5-6,8H,3-4,7H2,1-2H3,(H,14,17)(H,15,18). The predicted molar refractivity (Wildman–Crippen MR) is 79.6 cm³/mol. The van der Waals surface area contributed by atoms with Crippen LogP contribution in [0.1, 0.15) is 12.0 Å². The van der Waals surface area contributed by atoms with Gasteiger partial charge in [-0.2, -0.15) is 0 Å². The van der Waals surface area contributed by atoms with E-state index in [0.717, 1.165) is 24.7 Å². The van der Waals surface area contributed by atoms with Crippen molar-refractivity contribution < 1.29 is 18.0 Å². The fourth-order valence-electron chi connectivity index (χ4n) is 2.26. The van der Waals surface area contributed by atoms with Gasteiger partial charge in [-0.25, -0.2) is 8.42 Å². The number of sulfonamides is 1. The maximum Gasteiger partial charge on any atom is 0.313 e. The van der Waals surface area contributed by atoms with Crippen molar-refractivity contribution in [3.8, 4) is 0 Å². The van der Waals surface area contributed by atoms with E-state index in [4.69, 9.17) is 0 Å². The molecule has 2 rings (SSSR count). The highest BCUT2D eigenvalue weighted by molar-refractivity contribution is 7.92. The zero-order chi connectivity index (χ0) is 15.6. The first-order valence-electron chi connectivity index (χ1n) is 6.46. The lowest BCUT2D eigenvalue weighted by atomic mass is 10.0. The SMILES string of the molecule is CNC(=O)C(=O)Nc1ccc2c(c1)N(S(C)(=O)=O)CCC2. The lowest BCUT2D eigenvalue weighted by Gasteiger charge is -2.29. The predicted octanol–water partition coefficient (Wildman–Crippen LogP) is 0.0833. The topological polar surface area (TPSA) is 95.6 Å². The van der Waals surface area contributed by atoms with Crippen LogP contribution in [0.2, 0.25) is 0 Å². The number of rotatable bonds is 2. The van der Waals surface area contributed by atoms with Crippen molar-refractivity contribution in [2.24, 2.45) is 0 Å². The Bertz CT molecular complexity index is 685. The van der Waals surface area contributed by atoms with Crippen LogP contribution in [0.15, 0.2) is 18.2 Å². The van der Waals surface area contributed by atoms with E-state index in [1.807, 2.05) is 0 Å². The van der Waals surface area contributed by atoms with E-state index in [1.165, 1.54) is 11.4 Å². The molecule has 0 fully saturated rings. The number of benzene rings is 1. The Morgan fingerprint density at radius 3 is 2.57 bits per heavy atom. The van der Waals surface area contributed by atoms with E-state index >= 15 is 0 Å². The Kier molecular flexibility index (Phi) is 4.17. The van der Waals surface area contributed by atoms with E-state index < -0.39 is 21.8 Å². The maximum absolute atomic E-state index is 11.8. The zero-order valence-electron chi connectivity index (χ0n) is 11.8. The van der Waals surface area contributed by atoms with Gasteiger partial charge >= 0.3 is 11.8 Å². The summed E-state index contributed by atoms with van der Waals surface area (Å²) in [5, 5.41) is 4.67. The number of carbonyl (C=O) groups is 2. The van der Waals surface area contributed by atoms with Gasteiger partial charge in [-0.05, 0) is 30.5 Å². The summed E-state index contributed by atoms with van der Waals surface area (Å²) in [6, 6.07) is 5.01. The van der Waals surface area contributed by atoms with Gasteiger partial charge in [0.15, 0.2) is 0 Å². The third-order valence-corrected chi connectivity index (χ3v) is 4.43. The number of anilines is 2. The molecule has 0 aromatic heterocycles. The van der Waals surface area contributed by atoms with Gasteiger partial charge in [-0.1, -0.05) is 6.07 Å². The number of likely N-dealkylation sites (N-methyl/N-ethyl adjacent to an activating group) is 1. The summed E-state index contributed by atoms with van der Waals surface area (Å²) in [5.74, 6) is -1.55. The molecule has 1 aliphatic rings. The highest BCUT2D eigenvalue weighted by Crippen LogP contribution is 2.31. The monoisotopic (exact) mass is 311 g/mol. The Morgan fingerprint density at radius 1 is 1.24 bits per heavy atom. The largest absolute Gasteiger partial charge is 0.351 e. The summed E-state index contributed by atoms with van der Waals surface area (Å²) in [6.45, 7) is 0.415. The summed E-state index contributed by atoms with van der Waals surface area (Å²) >= 11 is 0. The van der Waals surface area contributed by atoms with Crippen LogP contribution < -0.4 is 14.9 Å². The summed E-state index contributed by atoms with van der Waals surface area (Å²) < 4.78 is 24.9.